The van der Waals surface area contributed by atoms with Crippen molar-refractivity contribution in [2.45, 2.75) is 63.4 Å². The number of hydrogen-bond acceptors (Lipinski definition) is 6. The van der Waals surface area contributed by atoms with Gasteiger partial charge in [-0.3, -0.25) is 19.8 Å². The number of hydrogen-bond donors (Lipinski definition) is 2. The molecule has 1 saturated carbocycles. The number of urea groups is 1. The van der Waals surface area contributed by atoms with Crippen LogP contribution in [0.15, 0.2) is 28.0 Å². The molecule has 2 aliphatic rings. The molecular formula is C20H29N5O6S. The summed E-state index contributed by atoms with van der Waals surface area (Å²) in [5.41, 5.74) is 0.656. The van der Waals surface area contributed by atoms with Crippen molar-refractivity contribution < 1.29 is 22.8 Å². The molecule has 1 aliphatic heterocycles. The fourth-order valence-electron chi connectivity index (χ4n) is 4.13. The maximum atomic E-state index is 12.9. The molecule has 0 bridgehead atoms. The number of carbonyl (C=O) groups excluding carboxylic acids is 3. The van der Waals surface area contributed by atoms with Crippen LogP contribution in [0.25, 0.3) is 0 Å². The summed E-state index contributed by atoms with van der Waals surface area (Å²) in [6, 6.07) is 1.54. The van der Waals surface area contributed by atoms with Crippen molar-refractivity contribution in [2.75, 3.05) is 13.1 Å². The molecule has 2 N–H and O–H groups in total. The van der Waals surface area contributed by atoms with Gasteiger partial charge in [0.2, 0.25) is 10.0 Å². The van der Waals surface area contributed by atoms with Crippen molar-refractivity contribution >= 4 is 27.9 Å². The number of aromatic nitrogens is 1. The zero-order valence-corrected chi connectivity index (χ0v) is 19.3. The first kappa shape index (κ1) is 23.9. The average Bonchev–Trinajstić information content (AvgIpc) is 2.96. The van der Waals surface area contributed by atoms with Crippen molar-refractivity contribution in [1.82, 2.24) is 24.6 Å². The molecule has 4 amide bonds. The molecule has 0 radical (unpaired) electrons. The molecule has 0 unspecified atom stereocenters. The lowest BCUT2D eigenvalue weighted by Crippen LogP contribution is -2.52. The molecule has 1 saturated heterocycles. The molecule has 1 aliphatic carbocycles. The molecular weight excluding hydrogens is 438 g/mol. The Labute approximate surface area is 186 Å². The minimum atomic E-state index is -3.83. The normalized spacial score (nSPS) is 23.6. The molecule has 0 atom stereocenters. The van der Waals surface area contributed by atoms with Crippen LogP contribution < -0.4 is 16.3 Å². The molecule has 11 nitrogen and oxygen atoms in total. The summed E-state index contributed by atoms with van der Waals surface area (Å²) >= 11 is 0. The lowest BCUT2D eigenvalue weighted by molar-refractivity contribution is -0.140. The van der Waals surface area contributed by atoms with E-state index in [1.165, 1.54) is 10.4 Å². The summed E-state index contributed by atoms with van der Waals surface area (Å²) in [5.74, 6) is -0.858. The van der Waals surface area contributed by atoms with E-state index in [0.29, 0.717) is 23.8 Å². The second-order valence-electron chi connectivity index (χ2n) is 8.29. The largest absolute Gasteiger partial charge is 0.344 e. The fourth-order valence-corrected chi connectivity index (χ4v) is 5.61. The van der Waals surface area contributed by atoms with Crippen LogP contribution in [0.5, 0.6) is 0 Å². The van der Waals surface area contributed by atoms with Crippen molar-refractivity contribution in [3.63, 3.8) is 0 Å². The predicted molar refractivity (Wildman–Crippen MR) is 115 cm³/mol. The number of rotatable bonds is 7. The first-order chi connectivity index (χ1) is 15.0. The smallest absolute Gasteiger partial charge is 0.322 e. The van der Waals surface area contributed by atoms with Gasteiger partial charge in [0.05, 0.1) is 4.90 Å². The quantitative estimate of drug-likeness (QED) is 0.557. The number of pyridine rings is 1. The molecule has 3 rings (SSSR count). The Bertz CT molecular complexity index is 1070. The average molecular weight is 468 g/mol. The van der Waals surface area contributed by atoms with Crippen LogP contribution in [0.3, 0.4) is 0 Å². The van der Waals surface area contributed by atoms with Gasteiger partial charge >= 0.3 is 6.03 Å². The Morgan fingerprint density at radius 1 is 1.19 bits per heavy atom. The Morgan fingerprint density at radius 3 is 2.41 bits per heavy atom. The van der Waals surface area contributed by atoms with Crippen LogP contribution in [0.1, 0.15) is 46.5 Å². The number of hydrazine groups is 1. The SMILES string of the molecule is CCN(CC)S(=O)(=O)c1ccc(=O)n(CC(=O)NN2C(=O)NC3(CCC(C)CC3)C2=O)c1. The summed E-state index contributed by atoms with van der Waals surface area (Å²) in [6.07, 6.45) is 3.66. The molecule has 2 heterocycles. The van der Waals surface area contributed by atoms with Crippen molar-refractivity contribution in [2.24, 2.45) is 5.92 Å². The maximum Gasteiger partial charge on any atom is 0.344 e. The second-order valence-corrected chi connectivity index (χ2v) is 10.2. The van der Waals surface area contributed by atoms with Crippen molar-refractivity contribution in [3.8, 4) is 0 Å². The topological polar surface area (TPSA) is 138 Å². The van der Waals surface area contributed by atoms with Crippen molar-refractivity contribution in [3.05, 3.63) is 28.7 Å². The van der Waals surface area contributed by atoms with Crippen LogP contribution in [-0.4, -0.2) is 58.8 Å². The van der Waals surface area contributed by atoms with Gasteiger partial charge in [-0.2, -0.15) is 9.31 Å². The van der Waals surface area contributed by atoms with E-state index in [2.05, 4.69) is 17.7 Å². The third kappa shape index (κ3) is 4.42. The highest BCUT2D eigenvalue weighted by Gasteiger charge is 2.52. The van der Waals surface area contributed by atoms with Gasteiger partial charge < -0.3 is 9.88 Å². The van der Waals surface area contributed by atoms with Crippen LogP contribution in [0.2, 0.25) is 0 Å². The zero-order valence-electron chi connectivity index (χ0n) is 18.5. The minimum absolute atomic E-state index is 0.126. The predicted octanol–water partition coefficient (Wildman–Crippen LogP) is 0.411. The van der Waals surface area contributed by atoms with Crippen LogP contribution in [0, 0.1) is 5.92 Å². The first-order valence-electron chi connectivity index (χ1n) is 10.7. The number of nitrogens with one attached hydrogen (secondary N) is 2. The van der Waals surface area contributed by atoms with Gasteiger partial charge in [-0.25, -0.2) is 13.2 Å². The fraction of sp³-hybridized carbons (Fsp3) is 0.600. The van der Waals surface area contributed by atoms with Crippen LogP contribution in [0.4, 0.5) is 4.79 Å². The second kappa shape index (κ2) is 9.02. The highest BCUT2D eigenvalue weighted by molar-refractivity contribution is 7.89. The van der Waals surface area contributed by atoms with Gasteiger partial charge in [0.1, 0.15) is 12.1 Å². The lowest BCUT2D eigenvalue weighted by atomic mass is 9.77. The first-order valence-corrected chi connectivity index (χ1v) is 12.1. The van der Waals surface area contributed by atoms with Gasteiger partial charge in [-0.05, 0) is 37.7 Å². The highest BCUT2D eigenvalue weighted by atomic mass is 32.2. The summed E-state index contributed by atoms with van der Waals surface area (Å²) in [6.45, 7) is 5.43. The minimum Gasteiger partial charge on any atom is -0.322 e. The Balaban J connectivity index is 1.75. The van der Waals surface area contributed by atoms with E-state index in [9.17, 15) is 27.6 Å². The third-order valence-corrected chi connectivity index (χ3v) is 8.17. The van der Waals surface area contributed by atoms with Gasteiger partial charge in [0.15, 0.2) is 0 Å². The highest BCUT2D eigenvalue weighted by Crippen LogP contribution is 2.35. The zero-order chi connectivity index (χ0) is 23.7. The molecule has 176 valence electrons. The van der Waals surface area contributed by atoms with E-state index in [1.807, 2.05) is 0 Å². The molecule has 1 spiro atoms. The number of sulfonamides is 1. The van der Waals surface area contributed by atoms with E-state index in [1.54, 1.807) is 13.8 Å². The molecule has 32 heavy (non-hydrogen) atoms. The van der Waals surface area contributed by atoms with Gasteiger partial charge in [-0.1, -0.05) is 20.8 Å². The molecule has 2 fully saturated rings. The number of carbonyl (C=O) groups is 3. The Kier molecular flexibility index (Phi) is 6.75. The Morgan fingerprint density at radius 2 is 1.81 bits per heavy atom. The Hall–Kier alpha value is -2.73. The van der Waals surface area contributed by atoms with Crippen LogP contribution >= 0.6 is 0 Å². The van der Waals surface area contributed by atoms with E-state index in [-0.39, 0.29) is 18.0 Å². The molecule has 0 aromatic carbocycles. The van der Waals surface area contributed by atoms with E-state index >= 15 is 0 Å². The van der Waals surface area contributed by atoms with Crippen molar-refractivity contribution in [1.29, 1.82) is 0 Å². The summed E-state index contributed by atoms with van der Waals surface area (Å²) in [5, 5.41) is 3.35. The number of imide groups is 1. The van der Waals surface area contributed by atoms with Crippen LogP contribution in [-0.2, 0) is 26.2 Å². The molecule has 12 heteroatoms. The van der Waals surface area contributed by atoms with E-state index in [0.717, 1.165) is 29.7 Å². The standard InChI is InChI=1S/C20H29N5O6S/c1-4-24(5-2)32(30,31)15-6-7-17(27)23(12-15)13-16(26)22-25-18(28)20(21-19(25)29)10-8-14(3)9-11-20/h6-7,12,14H,4-5,8-11,13H2,1-3H3,(H,21,29)(H,22,26). The van der Waals surface area contributed by atoms with Gasteiger partial charge in [0, 0.05) is 25.4 Å². The summed E-state index contributed by atoms with van der Waals surface area (Å²) in [7, 11) is -3.83. The number of nitrogens with zero attached hydrogens (tertiary/aromatic N) is 3. The summed E-state index contributed by atoms with van der Waals surface area (Å²) < 4.78 is 27.6. The number of amides is 4. The molecule has 1 aromatic rings. The van der Waals surface area contributed by atoms with Gasteiger partial charge in [-0.15, -0.1) is 0 Å². The third-order valence-electron chi connectivity index (χ3n) is 6.14. The monoisotopic (exact) mass is 467 g/mol. The van der Waals surface area contributed by atoms with Gasteiger partial charge in [0.25, 0.3) is 17.4 Å². The molecule has 1 aromatic heterocycles. The lowest BCUT2D eigenvalue weighted by Gasteiger charge is -2.33. The van der Waals surface area contributed by atoms with E-state index in [4.69, 9.17) is 0 Å². The van der Waals surface area contributed by atoms with E-state index < -0.39 is 45.5 Å². The summed E-state index contributed by atoms with van der Waals surface area (Å²) in [4.78, 5) is 49.8. The maximum absolute atomic E-state index is 12.9.